The van der Waals surface area contributed by atoms with E-state index in [-0.39, 0.29) is 11.0 Å². The minimum absolute atomic E-state index is 0.0261. The van der Waals surface area contributed by atoms with Gasteiger partial charge in [0.05, 0.1) is 12.1 Å². The van der Waals surface area contributed by atoms with Gasteiger partial charge in [0, 0.05) is 18.4 Å². The number of quaternary nitrogens is 1. The first-order valence-corrected chi connectivity index (χ1v) is 7.54. The van der Waals surface area contributed by atoms with Crippen LogP contribution < -0.4 is 5.73 Å². The molecule has 0 bridgehead atoms. The summed E-state index contributed by atoms with van der Waals surface area (Å²) in [4.78, 5) is 0. The van der Waals surface area contributed by atoms with Crippen molar-refractivity contribution < 1.29 is 10.5 Å². The predicted octanol–water partition coefficient (Wildman–Crippen LogP) is 2.84. The van der Waals surface area contributed by atoms with Crippen LogP contribution in [0.2, 0.25) is 0 Å². The first-order valence-electron chi connectivity index (χ1n) is 7.54. The van der Waals surface area contributed by atoms with Gasteiger partial charge < -0.3 is 10.5 Å². The summed E-state index contributed by atoms with van der Waals surface area (Å²) in [6, 6.07) is 9.09. The number of hydrogen-bond acceptors (Lipinski definition) is 1. The summed E-state index contributed by atoms with van der Waals surface area (Å²) in [5.74, 6) is 0. The largest absolute Gasteiger partial charge is 0.375 e. The third kappa shape index (κ3) is 3.01. The molecule has 19 heavy (non-hydrogen) atoms. The minimum atomic E-state index is 0.0261. The lowest BCUT2D eigenvalue weighted by molar-refractivity contribution is -0.372. The first kappa shape index (κ1) is 14.5. The summed E-state index contributed by atoms with van der Waals surface area (Å²) in [6.07, 6.45) is 4.49. The van der Waals surface area contributed by atoms with Crippen LogP contribution in [0.3, 0.4) is 0 Å². The SMILES string of the molecule is CC[C@@]1(C)C[C@@](CC[NH3+])(c2ccc(C)cc2)CCO1. The molecular weight excluding hydrogens is 234 g/mol. The highest BCUT2D eigenvalue weighted by molar-refractivity contribution is 5.30. The van der Waals surface area contributed by atoms with E-state index < -0.39 is 0 Å². The maximum Gasteiger partial charge on any atom is 0.0748 e. The van der Waals surface area contributed by atoms with Crippen LogP contribution in [0.4, 0.5) is 0 Å². The van der Waals surface area contributed by atoms with Gasteiger partial charge in [0.1, 0.15) is 0 Å². The van der Waals surface area contributed by atoms with E-state index in [9.17, 15) is 0 Å². The summed E-state index contributed by atoms with van der Waals surface area (Å²) < 4.78 is 6.04. The van der Waals surface area contributed by atoms with Crippen LogP contribution in [0.5, 0.6) is 0 Å². The summed E-state index contributed by atoms with van der Waals surface area (Å²) in [5.41, 5.74) is 7.20. The molecule has 0 radical (unpaired) electrons. The molecule has 1 aliphatic rings. The molecule has 1 aliphatic heterocycles. The van der Waals surface area contributed by atoms with Gasteiger partial charge in [-0.05, 0) is 38.7 Å². The number of ether oxygens (including phenoxy) is 1. The Balaban J connectivity index is 2.34. The second kappa shape index (κ2) is 5.64. The zero-order valence-electron chi connectivity index (χ0n) is 12.7. The van der Waals surface area contributed by atoms with Crippen molar-refractivity contribution in [3.8, 4) is 0 Å². The Morgan fingerprint density at radius 2 is 1.95 bits per heavy atom. The smallest absolute Gasteiger partial charge is 0.0748 e. The standard InChI is InChI=1S/C17H27NO/c1-4-16(3)13-17(9-11-18,10-12-19-16)15-7-5-14(2)6-8-15/h5-8H,4,9-13,18H2,1-3H3/p+1/t16-,17-/m0/s1. The van der Waals surface area contributed by atoms with Crippen molar-refractivity contribution in [1.29, 1.82) is 0 Å². The molecule has 2 atom stereocenters. The molecular formula is C17H28NO+. The van der Waals surface area contributed by atoms with Crippen molar-refractivity contribution in [2.24, 2.45) is 0 Å². The summed E-state index contributed by atoms with van der Waals surface area (Å²) in [6.45, 7) is 8.51. The fourth-order valence-electron chi connectivity index (χ4n) is 3.42. The lowest BCUT2D eigenvalue weighted by Gasteiger charge is -2.46. The van der Waals surface area contributed by atoms with Gasteiger partial charge >= 0.3 is 0 Å². The number of benzene rings is 1. The maximum atomic E-state index is 6.04. The van der Waals surface area contributed by atoms with Crippen LogP contribution in [0, 0.1) is 6.92 Å². The molecule has 1 heterocycles. The van der Waals surface area contributed by atoms with Crippen molar-refractivity contribution in [1.82, 2.24) is 0 Å². The van der Waals surface area contributed by atoms with E-state index in [4.69, 9.17) is 4.74 Å². The zero-order chi connectivity index (χ0) is 13.9. The van der Waals surface area contributed by atoms with E-state index in [2.05, 4.69) is 50.8 Å². The van der Waals surface area contributed by atoms with Crippen LogP contribution >= 0.6 is 0 Å². The third-order valence-corrected chi connectivity index (χ3v) is 4.81. The summed E-state index contributed by atoms with van der Waals surface area (Å²) >= 11 is 0. The van der Waals surface area contributed by atoms with Crippen molar-refractivity contribution in [2.45, 2.75) is 57.5 Å². The van der Waals surface area contributed by atoms with Crippen molar-refractivity contribution in [3.05, 3.63) is 35.4 Å². The summed E-state index contributed by atoms with van der Waals surface area (Å²) in [5, 5.41) is 0. The highest BCUT2D eigenvalue weighted by Crippen LogP contribution is 2.44. The monoisotopic (exact) mass is 262 g/mol. The Morgan fingerprint density at radius 1 is 1.26 bits per heavy atom. The lowest BCUT2D eigenvalue weighted by Crippen LogP contribution is -2.55. The molecule has 3 N–H and O–H groups in total. The molecule has 106 valence electrons. The molecule has 1 aromatic rings. The zero-order valence-corrected chi connectivity index (χ0v) is 12.7. The highest BCUT2D eigenvalue weighted by atomic mass is 16.5. The van der Waals surface area contributed by atoms with Gasteiger partial charge in [0.25, 0.3) is 0 Å². The van der Waals surface area contributed by atoms with E-state index in [0.717, 1.165) is 38.8 Å². The van der Waals surface area contributed by atoms with Crippen LogP contribution in [0.25, 0.3) is 0 Å². The maximum absolute atomic E-state index is 6.04. The van der Waals surface area contributed by atoms with Crippen molar-refractivity contribution in [3.63, 3.8) is 0 Å². The molecule has 1 fully saturated rings. The van der Waals surface area contributed by atoms with E-state index in [0.29, 0.717) is 0 Å². The fourth-order valence-corrected chi connectivity index (χ4v) is 3.42. The molecule has 0 unspecified atom stereocenters. The van der Waals surface area contributed by atoms with Gasteiger partial charge in [0.2, 0.25) is 0 Å². The van der Waals surface area contributed by atoms with Gasteiger partial charge in [-0.2, -0.15) is 0 Å². The molecule has 0 aliphatic carbocycles. The quantitative estimate of drug-likeness (QED) is 0.890. The molecule has 2 nitrogen and oxygen atoms in total. The number of hydrogen-bond donors (Lipinski definition) is 1. The van der Waals surface area contributed by atoms with E-state index in [1.807, 2.05) is 0 Å². The molecule has 1 saturated heterocycles. The van der Waals surface area contributed by atoms with E-state index in [1.165, 1.54) is 11.1 Å². The normalized spacial score (nSPS) is 31.4. The van der Waals surface area contributed by atoms with E-state index in [1.54, 1.807) is 0 Å². The van der Waals surface area contributed by atoms with Crippen LogP contribution in [0.1, 0.15) is 50.7 Å². The van der Waals surface area contributed by atoms with Gasteiger partial charge in [-0.1, -0.05) is 36.8 Å². The average molecular weight is 262 g/mol. The Labute approximate surface area is 117 Å². The van der Waals surface area contributed by atoms with Crippen LogP contribution in [0.15, 0.2) is 24.3 Å². The Hall–Kier alpha value is -0.860. The molecule has 0 spiro atoms. The van der Waals surface area contributed by atoms with Crippen molar-refractivity contribution >= 4 is 0 Å². The van der Waals surface area contributed by atoms with Crippen molar-refractivity contribution in [2.75, 3.05) is 13.2 Å². The first-order chi connectivity index (χ1) is 9.03. The van der Waals surface area contributed by atoms with E-state index >= 15 is 0 Å². The topological polar surface area (TPSA) is 36.9 Å². The Kier molecular flexibility index (Phi) is 4.32. The molecule has 2 rings (SSSR count). The second-order valence-corrected chi connectivity index (χ2v) is 6.33. The molecule has 0 saturated carbocycles. The minimum Gasteiger partial charge on any atom is -0.375 e. The molecule has 1 aromatic carbocycles. The molecule has 2 heteroatoms. The number of aryl methyl sites for hydroxylation is 1. The molecule has 0 aromatic heterocycles. The number of rotatable bonds is 4. The molecule has 0 amide bonds. The Bertz CT molecular complexity index is 410. The van der Waals surface area contributed by atoms with Crippen LogP contribution in [-0.2, 0) is 10.2 Å². The highest BCUT2D eigenvalue weighted by Gasteiger charge is 2.43. The Morgan fingerprint density at radius 3 is 2.53 bits per heavy atom. The average Bonchev–Trinajstić information content (AvgIpc) is 2.40. The summed E-state index contributed by atoms with van der Waals surface area (Å²) in [7, 11) is 0. The van der Waals surface area contributed by atoms with Gasteiger partial charge in [-0.15, -0.1) is 0 Å². The fraction of sp³-hybridized carbons (Fsp3) is 0.647. The third-order valence-electron chi connectivity index (χ3n) is 4.81. The second-order valence-electron chi connectivity index (χ2n) is 6.33. The van der Waals surface area contributed by atoms with Gasteiger partial charge in [0.15, 0.2) is 0 Å². The lowest BCUT2D eigenvalue weighted by atomic mass is 9.66. The predicted molar refractivity (Wildman–Crippen MR) is 79.1 cm³/mol. The van der Waals surface area contributed by atoms with Gasteiger partial charge in [-0.3, -0.25) is 0 Å². The van der Waals surface area contributed by atoms with Gasteiger partial charge in [-0.25, -0.2) is 0 Å². The van der Waals surface area contributed by atoms with Crippen LogP contribution in [-0.4, -0.2) is 18.8 Å².